The van der Waals surface area contributed by atoms with Gasteiger partial charge in [-0.05, 0) is 70.8 Å². The van der Waals surface area contributed by atoms with E-state index in [1.165, 1.54) is 17.1 Å². The molecule has 1 aromatic heterocycles. The Morgan fingerprint density at radius 3 is 2.51 bits per heavy atom. The number of ketones is 1. The number of halogens is 1. The summed E-state index contributed by atoms with van der Waals surface area (Å²) in [7, 11) is 0. The Morgan fingerprint density at radius 2 is 1.80 bits per heavy atom. The van der Waals surface area contributed by atoms with E-state index in [0.29, 0.717) is 34.9 Å². The molecule has 0 radical (unpaired) electrons. The van der Waals surface area contributed by atoms with Gasteiger partial charge in [0, 0.05) is 23.1 Å². The molecule has 0 aliphatic heterocycles. The SMILES string of the molecule is CCCCOC(=O)c1ccc(CC(=O)[C@H](Cc2ccccc2)NC(=O)/C=C/c2cc(Cl)ccc2-n2cnnn2)cc1. The van der Waals surface area contributed by atoms with Crippen LogP contribution in [0.2, 0.25) is 5.02 Å². The third kappa shape index (κ3) is 8.68. The summed E-state index contributed by atoms with van der Waals surface area (Å²) < 4.78 is 6.71. The molecule has 4 aromatic rings. The second kappa shape index (κ2) is 14.7. The smallest absolute Gasteiger partial charge is 0.338 e. The van der Waals surface area contributed by atoms with E-state index >= 15 is 0 Å². The zero-order valence-electron chi connectivity index (χ0n) is 22.6. The summed E-state index contributed by atoms with van der Waals surface area (Å²) in [5.74, 6) is -0.988. The molecule has 4 rings (SSSR count). The first-order chi connectivity index (χ1) is 19.9. The van der Waals surface area contributed by atoms with Gasteiger partial charge in [0.1, 0.15) is 6.33 Å². The Hall–Kier alpha value is -4.63. The highest BCUT2D eigenvalue weighted by Crippen LogP contribution is 2.20. The van der Waals surface area contributed by atoms with Crippen LogP contribution in [0.15, 0.2) is 85.2 Å². The van der Waals surface area contributed by atoms with Gasteiger partial charge in [0.15, 0.2) is 5.78 Å². The van der Waals surface area contributed by atoms with Crippen molar-refractivity contribution in [2.24, 2.45) is 0 Å². The Morgan fingerprint density at radius 1 is 1.02 bits per heavy atom. The van der Waals surface area contributed by atoms with Crippen LogP contribution in [0.3, 0.4) is 0 Å². The van der Waals surface area contributed by atoms with Crippen LogP contribution >= 0.6 is 11.6 Å². The van der Waals surface area contributed by atoms with Crippen LogP contribution in [-0.2, 0) is 27.2 Å². The summed E-state index contributed by atoms with van der Waals surface area (Å²) in [6.45, 7) is 2.40. The van der Waals surface area contributed by atoms with Crippen LogP contribution in [0.25, 0.3) is 11.8 Å². The fraction of sp³-hybridized carbons (Fsp3) is 0.226. The molecule has 0 fully saturated rings. The zero-order valence-corrected chi connectivity index (χ0v) is 23.3. The number of carbonyl (C=O) groups excluding carboxylic acids is 3. The number of amides is 1. The van der Waals surface area contributed by atoms with Crippen molar-refractivity contribution < 1.29 is 19.1 Å². The molecule has 210 valence electrons. The second-order valence-electron chi connectivity index (χ2n) is 9.37. The summed E-state index contributed by atoms with van der Waals surface area (Å²) >= 11 is 6.18. The number of tetrazole rings is 1. The fourth-order valence-corrected chi connectivity index (χ4v) is 4.28. The number of aromatic nitrogens is 4. The van der Waals surface area contributed by atoms with Gasteiger partial charge in [0.2, 0.25) is 5.91 Å². The normalized spacial score (nSPS) is 11.8. The predicted octanol–water partition coefficient (Wildman–Crippen LogP) is 4.83. The first-order valence-electron chi connectivity index (χ1n) is 13.3. The van der Waals surface area contributed by atoms with Crippen molar-refractivity contribution in [3.63, 3.8) is 0 Å². The molecule has 0 saturated heterocycles. The highest BCUT2D eigenvalue weighted by atomic mass is 35.5. The van der Waals surface area contributed by atoms with E-state index in [2.05, 4.69) is 20.8 Å². The average Bonchev–Trinajstić information content (AvgIpc) is 3.52. The number of nitrogens with one attached hydrogen (secondary N) is 1. The number of benzene rings is 3. The van der Waals surface area contributed by atoms with Crippen LogP contribution in [0, 0.1) is 0 Å². The number of hydrogen-bond donors (Lipinski definition) is 1. The number of esters is 1. The number of Topliss-reactive ketones (excluding diaryl/α,β-unsaturated/α-hetero) is 1. The van der Waals surface area contributed by atoms with Gasteiger partial charge in [0.05, 0.1) is 23.9 Å². The number of hydrogen-bond acceptors (Lipinski definition) is 7. The van der Waals surface area contributed by atoms with Crippen molar-refractivity contribution in [2.45, 2.75) is 38.6 Å². The lowest BCUT2D eigenvalue weighted by atomic mass is 9.97. The Bertz CT molecular complexity index is 1490. The van der Waals surface area contributed by atoms with Crippen molar-refractivity contribution in [2.75, 3.05) is 6.61 Å². The van der Waals surface area contributed by atoms with Crippen molar-refractivity contribution in [3.05, 3.63) is 112 Å². The molecule has 1 N–H and O–H groups in total. The molecule has 0 bridgehead atoms. The van der Waals surface area contributed by atoms with Crippen molar-refractivity contribution >= 4 is 35.3 Å². The maximum atomic E-state index is 13.4. The molecule has 1 amide bonds. The van der Waals surface area contributed by atoms with Crippen LogP contribution in [0.1, 0.15) is 46.8 Å². The number of unbranched alkanes of at least 4 members (excludes halogenated alkanes) is 1. The monoisotopic (exact) mass is 571 g/mol. The molecule has 0 spiro atoms. The minimum atomic E-state index is -0.772. The molecular formula is C31H30ClN5O4. The van der Waals surface area contributed by atoms with Crippen molar-refractivity contribution in [3.8, 4) is 5.69 Å². The lowest BCUT2D eigenvalue weighted by Crippen LogP contribution is -2.42. The molecular weight excluding hydrogens is 542 g/mol. The van der Waals surface area contributed by atoms with E-state index in [1.807, 2.05) is 37.3 Å². The molecule has 3 aromatic carbocycles. The maximum absolute atomic E-state index is 13.4. The number of nitrogens with zero attached hydrogens (tertiary/aromatic N) is 4. The van der Waals surface area contributed by atoms with Gasteiger partial charge in [-0.15, -0.1) is 5.10 Å². The van der Waals surface area contributed by atoms with E-state index in [1.54, 1.807) is 48.5 Å². The van der Waals surface area contributed by atoms with E-state index < -0.39 is 11.9 Å². The molecule has 1 atom stereocenters. The maximum Gasteiger partial charge on any atom is 0.338 e. The lowest BCUT2D eigenvalue weighted by molar-refractivity contribution is -0.125. The van der Waals surface area contributed by atoms with Crippen LogP contribution in [0.4, 0.5) is 0 Å². The fourth-order valence-electron chi connectivity index (χ4n) is 4.10. The minimum absolute atomic E-state index is 0.0877. The largest absolute Gasteiger partial charge is 0.462 e. The standard InChI is InChI=1S/C31H30ClN5O4/c1-2-3-17-41-31(40)24-11-9-23(10-12-24)19-29(38)27(18-22-7-5-4-6-8-22)34-30(39)16-13-25-20-26(32)14-15-28(25)37-21-33-35-36-37/h4-16,20-21,27H,2-3,17-19H2,1H3,(H,34,39)/b16-13+/t27-/m0/s1. The zero-order chi connectivity index (χ0) is 29.0. The third-order valence-electron chi connectivity index (χ3n) is 6.29. The second-order valence-corrected chi connectivity index (χ2v) is 9.81. The van der Waals surface area contributed by atoms with Crippen LogP contribution in [0.5, 0.6) is 0 Å². The first-order valence-corrected chi connectivity index (χ1v) is 13.6. The highest BCUT2D eigenvalue weighted by molar-refractivity contribution is 6.30. The molecule has 10 heteroatoms. The Labute approximate surface area is 243 Å². The quantitative estimate of drug-likeness (QED) is 0.139. The van der Waals surface area contributed by atoms with Gasteiger partial charge in [-0.1, -0.05) is 67.4 Å². The van der Waals surface area contributed by atoms with Gasteiger partial charge in [0.25, 0.3) is 0 Å². The third-order valence-corrected chi connectivity index (χ3v) is 6.52. The van der Waals surface area contributed by atoms with Gasteiger partial charge in [-0.2, -0.15) is 4.68 Å². The van der Waals surface area contributed by atoms with Gasteiger partial charge < -0.3 is 10.1 Å². The topological polar surface area (TPSA) is 116 Å². The van der Waals surface area contributed by atoms with Crippen LogP contribution in [-0.4, -0.2) is 50.5 Å². The van der Waals surface area contributed by atoms with E-state index in [0.717, 1.165) is 24.0 Å². The molecule has 0 aliphatic carbocycles. The lowest BCUT2D eigenvalue weighted by Gasteiger charge is -2.17. The van der Waals surface area contributed by atoms with E-state index in [-0.39, 0.29) is 18.2 Å². The molecule has 1 heterocycles. The number of carbonyl (C=O) groups is 3. The summed E-state index contributed by atoms with van der Waals surface area (Å²) in [6, 6.07) is 20.6. The summed E-state index contributed by atoms with van der Waals surface area (Å²) in [6.07, 6.45) is 6.55. The summed E-state index contributed by atoms with van der Waals surface area (Å²) in [5, 5.41) is 14.5. The highest BCUT2D eigenvalue weighted by Gasteiger charge is 2.21. The van der Waals surface area contributed by atoms with Crippen LogP contribution < -0.4 is 5.32 Å². The van der Waals surface area contributed by atoms with E-state index in [4.69, 9.17) is 16.3 Å². The molecule has 0 aliphatic rings. The van der Waals surface area contributed by atoms with Gasteiger partial charge in [-0.25, -0.2) is 4.79 Å². The number of rotatable bonds is 13. The molecule has 0 unspecified atom stereocenters. The number of ether oxygens (including phenoxy) is 1. The summed E-state index contributed by atoms with van der Waals surface area (Å²) in [4.78, 5) is 38.6. The van der Waals surface area contributed by atoms with Gasteiger partial charge in [-0.3, -0.25) is 9.59 Å². The predicted molar refractivity (Wildman–Crippen MR) is 156 cm³/mol. The minimum Gasteiger partial charge on any atom is -0.462 e. The van der Waals surface area contributed by atoms with Gasteiger partial charge >= 0.3 is 5.97 Å². The first kappa shape index (κ1) is 29.4. The molecule has 0 saturated carbocycles. The average molecular weight is 572 g/mol. The molecule has 9 nitrogen and oxygen atoms in total. The Balaban J connectivity index is 1.46. The Kier molecular flexibility index (Phi) is 10.5. The molecule has 41 heavy (non-hydrogen) atoms. The van der Waals surface area contributed by atoms with Crippen molar-refractivity contribution in [1.29, 1.82) is 0 Å². The summed E-state index contributed by atoms with van der Waals surface area (Å²) in [5.41, 5.74) is 3.33. The van der Waals surface area contributed by atoms with E-state index in [9.17, 15) is 14.4 Å². The van der Waals surface area contributed by atoms with Crippen molar-refractivity contribution in [1.82, 2.24) is 25.5 Å².